The largest absolute Gasteiger partial charge is 0.487 e. The summed E-state index contributed by atoms with van der Waals surface area (Å²) in [5.41, 5.74) is 0.962. The standard InChI is InChI=1S/C23H30N2O4/c1-27-14-10-24-22(26)15-18-16-23(29-21-7-3-2-6-20(18)21)8-11-25(12-9-23)17-19-5-4-13-28-19/h2-7,13,18H,8-12,14-17H2,1H3,(H,24,26). The van der Waals surface area contributed by atoms with Crippen LogP contribution in [0.15, 0.2) is 47.1 Å². The molecule has 0 aliphatic carbocycles. The summed E-state index contributed by atoms with van der Waals surface area (Å²) >= 11 is 0. The van der Waals surface area contributed by atoms with Gasteiger partial charge < -0.3 is 19.2 Å². The molecule has 6 heteroatoms. The van der Waals surface area contributed by atoms with E-state index >= 15 is 0 Å². The van der Waals surface area contributed by atoms with E-state index in [4.69, 9.17) is 13.9 Å². The number of nitrogens with zero attached hydrogens (tertiary/aromatic N) is 1. The van der Waals surface area contributed by atoms with E-state index in [-0.39, 0.29) is 17.4 Å². The summed E-state index contributed by atoms with van der Waals surface area (Å²) in [6, 6.07) is 12.1. The van der Waals surface area contributed by atoms with Crippen LogP contribution in [0, 0.1) is 0 Å². The highest BCUT2D eigenvalue weighted by atomic mass is 16.5. The third-order valence-corrected chi connectivity index (χ3v) is 6.09. The van der Waals surface area contributed by atoms with Crippen LogP contribution in [0.25, 0.3) is 0 Å². The van der Waals surface area contributed by atoms with Gasteiger partial charge in [-0.2, -0.15) is 0 Å². The monoisotopic (exact) mass is 398 g/mol. The van der Waals surface area contributed by atoms with Gasteiger partial charge >= 0.3 is 0 Å². The number of carbonyl (C=O) groups is 1. The number of benzene rings is 1. The molecule has 2 aliphatic rings. The number of rotatable bonds is 7. The first-order valence-electron chi connectivity index (χ1n) is 10.5. The first kappa shape index (κ1) is 20.0. The summed E-state index contributed by atoms with van der Waals surface area (Å²) in [6.07, 6.45) is 5.02. The highest BCUT2D eigenvalue weighted by molar-refractivity contribution is 5.77. The summed E-state index contributed by atoms with van der Waals surface area (Å²) in [5.74, 6) is 2.20. The number of fused-ring (bicyclic) bond motifs is 1. The van der Waals surface area contributed by atoms with Crippen LogP contribution in [0.1, 0.15) is 42.9 Å². The van der Waals surface area contributed by atoms with Crippen molar-refractivity contribution in [2.45, 2.75) is 43.7 Å². The van der Waals surface area contributed by atoms with Crippen LogP contribution < -0.4 is 10.1 Å². The van der Waals surface area contributed by atoms with Crippen molar-refractivity contribution in [3.63, 3.8) is 0 Å². The molecule has 1 atom stereocenters. The van der Waals surface area contributed by atoms with Gasteiger partial charge in [0.25, 0.3) is 0 Å². The molecule has 1 amide bonds. The number of nitrogens with one attached hydrogen (secondary N) is 1. The normalized spacial score (nSPS) is 20.8. The van der Waals surface area contributed by atoms with Crippen LogP contribution in [0.5, 0.6) is 5.75 Å². The van der Waals surface area contributed by atoms with E-state index in [1.54, 1.807) is 13.4 Å². The smallest absolute Gasteiger partial charge is 0.220 e. The maximum Gasteiger partial charge on any atom is 0.220 e. The number of hydrogen-bond donors (Lipinski definition) is 1. The number of carbonyl (C=O) groups excluding carboxylic acids is 1. The summed E-state index contributed by atoms with van der Waals surface area (Å²) in [4.78, 5) is 14.9. The zero-order valence-electron chi connectivity index (χ0n) is 17.1. The molecule has 2 aromatic rings. The average Bonchev–Trinajstić information content (AvgIpc) is 3.23. The number of para-hydroxylation sites is 1. The minimum absolute atomic E-state index is 0.0779. The van der Waals surface area contributed by atoms with Crippen molar-refractivity contribution in [3.05, 3.63) is 54.0 Å². The van der Waals surface area contributed by atoms with Gasteiger partial charge in [-0.05, 0) is 43.0 Å². The van der Waals surface area contributed by atoms with E-state index in [1.165, 1.54) is 0 Å². The van der Waals surface area contributed by atoms with Gasteiger partial charge in [-0.3, -0.25) is 9.69 Å². The van der Waals surface area contributed by atoms with E-state index in [2.05, 4.69) is 16.3 Å². The van der Waals surface area contributed by atoms with Crippen LogP contribution in [0.4, 0.5) is 0 Å². The predicted molar refractivity (Wildman–Crippen MR) is 110 cm³/mol. The second kappa shape index (κ2) is 9.01. The van der Waals surface area contributed by atoms with E-state index in [0.717, 1.165) is 56.0 Å². The minimum Gasteiger partial charge on any atom is -0.487 e. The van der Waals surface area contributed by atoms with Gasteiger partial charge in [0.2, 0.25) is 5.91 Å². The molecule has 1 aromatic carbocycles. The lowest BCUT2D eigenvalue weighted by Gasteiger charge is -2.46. The van der Waals surface area contributed by atoms with Gasteiger partial charge in [0, 0.05) is 39.1 Å². The fraction of sp³-hybridized carbons (Fsp3) is 0.522. The van der Waals surface area contributed by atoms with Crippen LogP contribution in [0.3, 0.4) is 0 Å². The lowest BCUT2D eigenvalue weighted by atomic mass is 9.76. The lowest BCUT2D eigenvalue weighted by molar-refractivity contribution is -0.122. The highest BCUT2D eigenvalue weighted by Gasteiger charge is 2.43. The fourth-order valence-corrected chi connectivity index (χ4v) is 4.56. The predicted octanol–water partition coefficient (Wildman–Crippen LogP) is 3.33. The number of hydrogen-bond acceptors (Lipinski definition) is 5. The zero-order chi connectivity index (χ0) is 20.1. The number of likely N-dealkylation sites (tertiary alicyclic amines) is 1. The SMILES string of the molecule is COCCNC(=O)CC1CC2(CCN(Cc3ccco3)CC2)Oc2ccccc21. The summed E-state index contributed by atoms with van der Waals surface area (Å²) < 4.78 is 17.1. The molecule has 4 rings (SSSR count). The number of ether oxygens (including phenoxy) is 2. The van der Waals surface area contributed by atoms with Gasteiger partial charge in [0.05, 0.1) is 19.4 Å². The van der Waals surface area contributed by atoms with Crippen molar-refractivity contribution >= 4 is 5.91 Å². The first-order chi connectivity index (χ1) is 14.2. The molecule has 2 aliphatic heterocycles. The Morgan fingerprint density at radius 3 is 2.83 bits per heavy atom. The maximum absolute atomic E-state index is 12.5. The second-order valence-electron chi connectivity index (χ2n) is 8.13. The Kier molecular flexibility index (Phi) is 6.21. The number of amides is 1. The molecule has 0 bridgehead atoms. The van der Waals surface area contributed by atoms with E-state index in [0.29, 0.717) is 19.6 Å². The number of furan rings is 1. The molecular weight excluding hydrogens is 368 g/mol. The van der Waals surface area contributed by atoms with E-state index in [1.807, 2.05) is 30.3 Å². The quantitative estimate of drug-likeness (QED) is 0.725. The lowest BCUT2D eigenvalue weighted by Crippen LogP contribution is -2.50. The number of methoxy groups -OCH3 is 1. The van der Waals surface area contributed by atoms with Gasteiger partial charge in [0.1, 0.15) is 17.1 Å². The van der Waals surface area contributed by atoms with E-state index in [9.17, 15) is 4.79 Å². The Balaban J connectivity index is 1.42. The van der Waals surface area contributed by atoms with Gasteiger partial charge in [-0.15, -0.1) is 0 Å². The second-order valence-corrected chi connectivity index (χ2v) is 8.13. The van der Waals surface area contributed by atoms with Crippen molar-refractivity contribution in [1.29, 1.82) is 0 Å². The Hall–Kier alpha value is -2.31. The Morgan fingerprint density at radius 2 is 2.07 bits per heavy atom. The minimum atomic E-state index is -0.189. The molecule has 1 N–H and O–H groups in total. The molecule has 3 heterocycles. The highest BCUT2D eigenvalue weighted by Crippen LogP contribution is 2.46. The molecular formula is C23H30N2O4. The van der Waals surface area contributed by atoms with Crippen molar-refractivity contribution in [2.75, 3.05) is 33.4 Å². The molecule has 1 saturated heterocycles. The van der Waals surface area contributed by atoms with Crippen LogP contribution in [-0.4, -0.2) is 49.8 Å². The molecule has 1 aromatic heterocycles. The average molecular weight is 399 g/mol. The van der Waals surface area contributed by atoms with Crippen LogP contribution >= 0.6 is 0 Å². The number of piperidine rings is 1. The molecule has 1 spiro atoms. The fourth-order valence-electron chi connectivity index (χ4n) is 4.56. The van der Waals surface area contributed by atoms with Crippen molar-refractivity contribution in [3.8, 4) is 5.75 Å². The van der Waals surface area contributed by atoms with E-state index < -0.39 is 0 Å². The molecule has 1 fully saturated rings. The Labute approximate surface area is 172 Å². The molecule has 1 unspecified atom stereocenters. The molecule has 6 nitrogen and oxygen atoms in total. The van der Waals surface area contributed by atoms with Crippen LogP contribution in [-0.2, 0) is 16.1 Å². The summed E-state index contributed by atoms with van der Waals surface area (Å²) in [5, 5.41) is 2.96. The van der Waals surface area contributed by atoms with Crippen molar-refractivity contribution < 1.29 is 18.7 Å². The third kappa shape index (κ3) is 4.82. The van der Waals surface area contributed by atoms with Crippen molar-refractivity contribution in [1.82, 2.24) is 10.2 Å². The summed E-state index contributed by atoms with van der Waals surface area (Å²) in [6.45, 7) is 3.86. The topological polar surface area (TPSA) is 63.9 Å². The molecule has 0 saturated carbocycles. The molecule has 156 valence electrons. The summed E-state index contributed by atoms with van der Waals surface area (Å²) in [7, 11) is 1.64. The maximum atomic E-state index is 12.5. The zero-order valence-corrected chi connectivity index (χ0v) is 17.1. The Bertz CT molecular complexity index is 797. The van der Waals surface area contributed by atoms with Crippen LogP contribution in [0.2, 0.25) is 0 Å². The molecule has 0 radical (unpaired) electrons. The first-order valence-corrected chi connectivity index (χ1v) is 10.5. The van der Waals surface area contributed by atoms with Gasteiger partial charge in [0.15, 0.2) is 0 Å². The van der Waals surface area contributed by atoms with Gasteiger partial charge in [-0.1, -0.05) is 18.2 Å². The van der Waals surface area contributed by atoms with Crippen molar-refractivity contribution in [2.24, 2.45) is 0 Å². The Morgan fingerprint density at radius 1 is 1.24 bits per heavy atom. The van der Waals surface area contributed by atoms with Gasteiger partial charge in [-0.25, -0.2) is 0 Å². The third-order valence-electron chi connectivity index (χ3n) is 6.09. The molecule has 29 heavy (non-hydrogen) atoms.